The van der Waals surface area contributed by atoms with Crippen LogP contribution in [0.25, 0.3) is 0 Å². The topological polar surface area (TPSA) is 58.2 Å². The van der Waals surface area contributed by atoms with Crippen LogP contribution in [-0.4, -0.2) is 28.2 Å². The van der Waals surface area contributed by atoms with E-state index >= 15 is 0 Å². The molecule has 0 aliphatic heterocycles. The van der Waals surface area contributed by atoms with E-state index < -0.39 is 10.8 Å². The van der Waals surface area contributed by atoms with Crippen molar-refractivity contribution >= 4 is 22.4 Å². The van der Waals surface area contributed by atoms with Crippen molar-refractivity contribution in [1.82, 2.24) is 5.32 Å². The monoisotopic (exact) mass is 282 g/mol. The van der Waals surface area contributed by atoms with Crippen molar-refractivity contribution in [3.63, 3.8) is 0 Å². The largest absolute Gasteiger partial charge is 0.326 e. The van der Waals surface area contributed by atoms with Crippen LogP contribution in [-0.2, 0) is 15.6 Å². The Morgan fingerprint density at radius 2 is 2.05 bits per heavy atom. The third-order valence-corrected chi connectivity index (χ3v) is 3.70. The first kappa shape index (κ1) is 15.9. The Bertz CT molecular complexity index is 463. The highest BCUT2D eigenvalue weighted by atomic mass is 32.2. The molecule has 5 heteroatoms. The molecule has 3 unspecified atom stereocenters. The minimum atomic E-state index is -0.800. The number of carbonyl (C=O) groups excluding carboxylic acids is 1. The summed E-state index contributed by atoms with van der Waals surface area (Å²) in [4.78, 5) is 11.0. The first-order valence-electron chi connectivity index (χ1n) is 6.32. The van der Waals surface area contributed by atoms with Crippen molar-refractivity contribution < 1.29 is 9.00 Å². The van der Waals surface area contributed by atoms with E-state index in [9.17, 15) is 9.00 Å². The lowest BCUT2D eigenvalue weighted by Crippen LogP contribution is -2.33. The van der Waals surface area contributed by atoms with Gasteiger partial charge in [0.05, 0.1) is 0 Å². The van der Waals surface area contributed by atoms with Gasteiger partial charge in [-0.05, 0) is 31.5 Å². The average Bonchev–Trinajstić information content (AvgIpc) is 2.27. The van der Waals surface area contributed by atoms with Crippen molar-refractivity contribution in [3.05, 3.63) is 29.8 Å². The molecule has 0 aromatic heterocycles. The number of hydrogen-bond acceptors (Lipinski definition) is 3. The van der Waals surface area contributed by atoms with Crippen LogP contribution in [0.3, 0.4) is 0 Å². The second kappa shape index (κ2) is 7.40. The molecule has 1 aromatic rings. The van der Waals surface area contributed by atoms with E-state index in [0.717, 1.165) is 11.3 Å². The Balaban J connectivity index is 2.68. The third-order valence-electron chi connectivity index (χ3n) is 2.73. The van der Waals surface area contributed by atoms with Gasteiger partial charge < -0.3 is 10.6 Å². The standard InChI is InChI=1S/C14H22N2O2S/c1-10(9-19(4)18)15-11(2)13-6-5-7-14(8-13)16-12(3)17/h5-8,10-11,15H,9H2,1-4H3,(H,16,17). The van der Waals surface area contributed by atoms with Gasteiger partial charge in [0.25, 0.3) is 0 Å². The normalized spacial score (nSPS) is 15.6. The summed E-state index contributed by atoms with van der Waals surface area (Å²) < 4.78 is 11.2. The zero-order valence-corrected chi connectivity index (χ0v) is 12.7. The minimum absolute atomic E-state index is 0.0764. The van der Waals surface area contributed by atoms with E-state index in [4.69, 9.17) is 0 Å². The van der Waals surface area contributed by atoms with Gasteiger partial charge in [-0.25, -0.2) is 0 Å². The quantitative estimate of drug-likeness (QED) is 0.839. The molecule has 0 saturated carbocycles. The van der Waals surface area contributed by atoms with E-state index in [1.807, 2.05) is 31.2 Å². The zero-order chi connectivity index (χ0) is 14.4. The molecule has 0 aliphatic carbocycles. The molecule has 0 fully saturated rings. The number of hydrogen-bond donors (Lipinski definition) is 2. The Kier molecular flexibility index (Phi) is 6.18. The fraction of sp³-hybridized carbons (Fsp3) is 0.500. The summed E-state index contributed by atoms with van der Waals surface area (Å²) in [5.41, 5.74) is 1.89. The molecule has 4 nitrogen and oxygen atoms in total. The van der Waals surface area contributed by atoms with Crippen molar-refractivity contribution in [2.75, 3.05) is 17.3 Å². The van der Waals surface area contributed by atoms with Crippen molar-refractivity contribution in [2.45, 2.75) is 32.9 Å². The van der Waals surface area contributed by atoms with Crippen molar-refractivity contribution in [2.24, 2.45) is 0 Å². The smallest absolute Gasteiger partial charge is 0.221 e. The van der Waals surface area contributed by atoms with E-state index in [0.29, 0.717) is 5.75 Å². The van der Waals surface area contributed by atoms with Crippen molar-refractivity contribution in [1.29, 1.82) is 0 Å². The van der Waals surface area contributed by atoms with Gasteiger partial charge in [0.1, 0.15) is 0 Å². The second-order valence-corrected chi connectivity index (χ2v) is 6.32. The van der Waals surface area contributed by atoms with Gasteiger partial charge >= 0.3 is 0 Å². The molecule has 3 atom stereocenters. The molecule has 0 heterocycles. The van der Waals surface area contributed by atoms with Crippen LogP contribution in [0.1, 0.15) is 32.4 Å². The highest BCUT2D eigenvalue weighted by Crippen LogP contribution is 2.18. The number of rotatable bonds is 6. The fourth-order valence-electron chi connectivity index (χ4n) is 2.01. The third kappa shape index (κ3) is 5.98. The molecule has 0 bridgehead atoms. The maximum absolute atomic E-state index is 11.2. The van der Waals surface area contributed by atoms with E-state index in [2.05, 4.69) is 17.6 Å². The van der Waals surface area contributed by atoms with Gasteiger partial charge in [0.2, 0.25) is 5.91 Å². The van der Waals surface area contributed by atoms with Gasteiger partial charge in [0, 0.05) is 47.5 Å². The van der Waals surface area contributed by atoms with E-state index in [1.165, 1.54) is 6.92 Å². The SMILES string of the molecule is CC(=O)Nc1cccc(C(C)NC(C)CS(C)=O)c1. The molecule has 0 saturated heterocycles. The van der Waals surface area contributed by atoms with Gasteiger partial charge in [-0.15, -0.1) is 0 Å². The summed E-state index contributed by atoms with van der Waals surface area (Å²) in [6.45, 7) is 5.57. The number of amides is 1. The molecule has 0 radical (unpaired) electrons. The summed E-state index contributed by atoms with van der Waals surface area (Å²) in [5, 5.41) is 6.17. The molecular formula is C14H22N2O2S. The van der Waals surface area contributed by atoms with Gasteiger partial charge in [-0.3, -0.25) is 9.00 Å². The number of carbonyl (C=O) groups is 1. The van der Waals surface area contributed by atoms with Gasteiger partial charge in [-0.2, -0.15) is 0 Å². The lowest BCUT2D eigenvalue weighted by Gasteiger charge is -2.20. The molecule has 1 amide bonds. The molecule has 19 heavy (non-hydrogen) atoms. The first-order valence-corrected chi connectivity index (χ1v) is 8.05. The Hall–Kier alpha value is -1.20. The molecule has 0 spiro atoms. The van der Waals surface area contributed by atoms with Crippen LogP contribution in [0.4, 0.5) is 5.69 Å². The Labute approximate surface area is 117 Å². The lowest BCUT2D eigenvalue weighted by atomic mass is 10.1. The molecule has 0 aliphatic rings. The van der Waals surface area contributed by atoms with Gasteiger partial charge in [-0.1, -0.05) is 12.1 Å². The fourth-order valence-corrected chi connectivity index (χ4v) is 2.81. The predicted octanol–water partition coefficient (Wildman–Crippen LogP) is 2.06. The number of benzene rings is 1. The average molecular weight is 282 g/mol. The zero-order valence-electron chi connectivity index (χ0n) is 11.9. The van der Waals surface area contributed by atoms with Crippen LogP contribution in [0.5, 0.6) is 0 Å². The summed E-state index contributed by atoms with van der Waals surface area (Å²) in [6, 6.07) is 8.08. The van der Waals surface area contributed by atoms with Crippen LogP contribution in [0.15, 0.2) is 24.3 Å². The molecular weight excluding hydrogens is 260 g/mol. The van der Waals surface area contributed by atoms with Crippen LogP contribution >= 0.6 is 0 Å². The van der Waals surface area contributed by atoms with Gasteiger partial charge in [0.15, 0.2) is 0 Å². The minimum Gasteiger partial charge on any atom is -0.326 e. The second-order valence-electron chi connectivity index (χ2n) is 4.84. The summed E-state index contributed by atoms with van der Waals surface area (Å²) in [7, 11) is -0.800. The summed E-state index contributed by atoms with van der Waals surface area (Å²) in [6.07, 6.45) is 1.71. The van der Waals surface area contributed by atoms with Crippen LogP contribution in [0, 0.1) is 0 Å². The van der Waals surface area contributed by atoms with Crippen LogP contribution < -0.4 is 10.6 Å². The molecule has 1 aromatic carbocycles. The van der Waals surface area contributed by atoms with E-state index in [-0.39, 0.29) is 18.0 Å². The Morgan fingerprint density at radius 1 is 1.37 bits per heavy atom. The maximum Gasteiger partial charge on any atom is 0.221 e. The lowest BCUT2D eigenvalue weighted by molar-refractivity contribution is -0.114. The van der Waals surface area contributed by atoms with E-state index in [1.54, 1.807) is 6.26 Å². The molecule has 106 valence electrons. The number of nitrogens with one attached hydrogen (secondary N) is 2. The predicted molar refractivity (Wildman–Crippen MR) is 80.7 cm³/mol. The van der Waals surface area contributed by atoms with Crippen LogP contribution in [0.2, 0.25) is 0 Å². The summed E-state index contributed by atoms with van der Waals surface area (Å²) in [5.74, 6) is 0.558. The Morgan fingerprint density at radius 3 is 2.63 bits per heavy atom. The summed E-state index contributed by atoms with van der Waals surface area (Å²) >= 11 is 0. The maximum atomic E-state index is 11.2. The molecule has 1 rings (SSSR count). The highest BCUT2D eigenvalue weighted by Gasteiger charge is 2.11. The highest BCUT2D eigenvalue weighted by molar-refractivity contribution is 7.84. The number of anilines is 1. The van der Waals surface area contributed by atoms with Crippen molar-refractivity contribution in [3.8, 4) is 0 Å². The first-order chi connectivity index (χ1) is 8.88. The molecule has 2 N–H and O–H groups in total.